The molecule has 138 valence electrons. The lowest BCUT2D eigenvalue weighted by Crippen LogP contribution is -2.49. The fourth-order valence-electron chi connectivity index (χ4n) is 2.23. The Bertz CT molecular complexity index is 635. The first-order valence-corrected chi connectivity index (χ1v) is 8.37. The smallest absolute Gasteiger partial charge is 0.308 e. The van der Waals surface area contributed by atoms with Crippen molar-refractivity contribution < 1.29 is 19.5 Å². The third-order valence-corrected chi connectivity index (χ3v) is 3.86. The maximum atomic E-state index is 12.1. The maximum Gasteiger partial charge on any atom is 0.308 e. The van der Waals surface area contributed by atoms with Gasteiger partial charge >= 0.3 is 5.97 Å². The molecule has 1 rings (SSSR count). The third kappa shape index (κ3) is 6.95. The summed E-state index contributed by atoms with van der Waals surface area (Å²) in [5.41, 5.74) is 1.38. The average Bonchev–Trinajstić information content (AvgIpc) is 2.49. The van der Waals surface area contributed by atoms with Crippen molar-refractivity contribution in [3.05, 3.63) is 35.4 Å². The molecular weight excluding hydrogens is 320 g/mol. The number of nitrogens with one attached hydrogen (secondary N) is 2. The van der Waals surface area contributed by atoms with Gasteiger partial charge in [0.2, 0.25) is 11.8 Å². The summed E-state index contributed by atoms with van der Waals surface area (Å²) in [7, 11) is 0. The highest BCUT2D eigenvalue weighted by atomic mass is 16.4. The second kappa shape index (κ2) is 8.65. The van der Waals surface area contributed by atoms with Crippen LogP contribution >= 0.6 is 0 Å². The molecule has 0 bridgehead atoms. The van der Waals surface area contributed by atoms with Crippen LogP contribution in [-0.2, 0) is 20.8 Å². The number of aryl methyl sites for hydroxylation is 1. The summed E-state index contributed by atoms with van der Waals surface area (Å²) in [6, 6.07) is 6.91. The van der Waals surface area contributed by atoms with Crippen molar-refractivity contribution in [3.8, 4) is 0 Å². The molecule has 2 atom stereocenters. The highest BCUT2D eigenvalue weighted by Crippen LogP contribution is 2.13. The first kappa shape index (κ1) is 20.7. The Morgan fingerprint density at radius 1 is 1.20 bits per heavy atom. The molecule has 3 N–H and O–H groups in total. The number of hydrogen-bond acceptors (Lipinski definition) is 3. The molecule has 0 heterocycles. The minimum absolute atomic E-state index is 0.0117. The first-order chi connectivity index (χ1) is 11.5. The normalized spacial score (nSPS) is 13.6. The number of hydrogen-bond donors (Lipinski definition) is 3. The minimum Gasteiger partial charge on any atom is -0.481 e. The lowest BCUT2D eigenvalue weighted by Gasteiger charge is -2.22. The van der Waals surface area contributed by atoms with Crippen LogP contribution in [0.4, 0.5) is 0 Å². The molecule has 0 aliphatic rings. The van der Waals surface area contributed by atoms with Gasteiger partial charge in [-0.15, -0.1) is 0 Å². The number of aliphatic carboxylic acids is 1. The molecule has 6 nitrogen and oxygen atoms in total. The number of benzene rings is 1. The molecule has 6 heteroatoms. The summed E-state index contributed by atoms with van der Waals surface area (Å²) in [5, 5.41) is 14.6. The van der Waals surface area contributed by atoms with Gasteiger partial charge in [0.1, 0.15) is 6.04 Å². The van der Waals surface area contributed by atoms with Crippen molar-refractivity contribution in [1.29, 1.82) is 0 Å². The van der Waals surface area contributed by atoms with E-state index in [2.05, 4.69) is 10.6 Å². The molecule has 0 spiro atoms. The van der Waals surface area contributed by atoms with Crippen LogP contribution in [-0.4, -0.2) is 35.5 Å². The first-order valence-electron chi connectivity index (χ1n) is 8.37. The van der Waals surface area contributed by atoms with Gasteiger partial charge in [-0.2, -0.15) is 0 Å². The topological polar surface area (TPSA) is 95.5 Å². The van der Waals surface area contributed by atoms with Crippen LogP contribution in [0.15, 0.2) is 24.3 Å². The zero-order chi connectivity index (χ0) is 19.2. The lowest BCUT2D eigenvalue weighted by molar-refractivity contribution is -0.142. The maximum absolute atomic E-state index is 12.1. The third-order valence-electron chi connectivity index (χ3n) is 3.86. The van der Waals surface area contributed by atoms with Gasteiger partial charge in [0, 0.05) is 12.0 Å². The summed E-state index contributed by atoms with van der Waals surface area (Å²) in [6.07, 6.45) is 0.333. The van der Waals surface area contributed by atoms with Gasteiger partial charge in [-0.25, -0.2) is 0 Å². The molecule has 25 heavy (non-hydrogen) atoms. The fraction of sp³-hybridized carbons (Fsp3) is 0.526. The molecule has 0 saturated heterocycles. The molecule has 0 aliphatic heterocycles. The predicted octanol–water partition coefficient (Wildman–Crippen LogP) is 1.91. The van der Waals surface area contributed by atoms with E-state index >= 15 is 0 Å². The summed E-state index contributed by atoms with van der Waals surface area (Å²) in [4.78, 5) is 35.5. The predicted molar refractivity (Wildman–Crippen MR) is 96.1 cm³/mol. The molecular formula is C19H28N2O4. The van der Waals surface area contributed by atoms with Gasteiger partial charge in [0.05, 0.1) is 5.92 Å². The van der Waals surface area contributed by atoms with E-state index in [0.29, 0.717) is 6.42 Å². The van der Waals surface area contributed by atoms with Crippen LogP contribution in [0, 0.1) is 18.3 Å². The Morgan fingerprint density at radius 2 is 1.84 bits per heavy atom. The number of carboxylic acid groups (broad SMARTS) is 1. The monoisotopic (exact) mass is 348 g/mol. The van der Waals surface area contributed by atoms with E-state index in [1.807, 2.05) is 31.2 Å². The Kier molecular flexibility index (Phi) is 7.15. The van der Waals surface area contributed by atoms with E-state index in [4.69, 9.17) is 0 Å². The summed E-state index contributed by atoms with van der Waals surface area (Å²) < 4.78 is 0. The van der Waals surface area contributed by atoms with Gasteiger partial charge in [-0.05, 0) is 25.8 Å². The van der Waals surface area contributed by atoms with Crippen molar-refractivity contribution in [2.45, 2.75) is 47.1 Å². The van der Waals surface area contributed by atoms with Crippen molar-refractivity contribution in [1.82, 2.24) is 10.6 Å². The van der Waals surface area contributed by atoms with Crippen LogP contribution in [0.2, 0.25) is 0 Å². The second-order valence-electron chi connectivity index (χ2n) is 7.42. The van der Waals surface area contributed by atoms with E-state index in [1.165, 1.54) is 0 Å². The quantitative estimate of drug-likeness (QED) is 0.701. The average molecular weight is 348 g/mol. The number of carbonyl (C=O) groups is 3. The Hall–Kier alpha value is -2.37. The Balaban J connectivity index is 2.61. The number of carbonyl (C=O) groups excluding carboxylic acids is 2. The van der Waals surface area contributed by atoms with Crippen LogP contribution in [0.1, 0.15) is 38.8 Å². The van der Waals surface area contributed by atoms with Gasteiger partial charge in [0.15, 0.2) is 0 Å². The molecule has 0 aromatic heterocycles. The Morgan fingerprint density at radius 3 is 2.36 bits per heavy atom. The number of amides is 2. The minimum atomic E-state index is -0.965. The molecule has 1 aromatic carbocycles. The van der Waals surface area contributed by atoms with Gasteiger partial charge < -0.3 is 15.7 Å². The second-order valence-corrected chi connectivity index (χ2v) is 7.42. The number of rotatable bonds is 7. The fourth-order valence-corrected chi connectivity index (χ4v) is 2.23. The molecule has 2 unspecified atom stereocenters. The zero-order valence-electron chi connectivity index (χ0n) is 15.6. The van der Waals surface area contributed by atoms with Gasteiger partial charge in [-0.3, -0.25) is 14.4 Å². The molecule has 0 fully saturated rings. The number of carboxylic acids is 1. The molecule has 2 amide bonds. The van der Waals surface area contributed by atoms with Crippen LogP contribution in [0.5, 0.6) is 0 Å². The van der Waals surface area contributed by atoms with Crippen molar-refractivity contribution >= 4 is 17.8 Å². The largest absolute Gasteiger partial charge is 0.481 e. The van der Waals surface area contributed by atoms with E-state index in [0.717, 1.165) is 11.1 Å². The van der Waals surface area contributed by atoms with Crippen LogP contribution in [0.25, 0.3) is 0 Å². The molecule has 0 aliphatic carbocycles. The molecule has 0 saturated carbocycles. The Labute approximate surface area is 149 Å². The molecule has 1 aromatic rings. The van der Waals surface area contributed by atoms with Crippen molar-refractivity contribution in [3.63, 3.8) is 0 Å². The van der Waals surface area contributed by atoms with E-state index < -0.39 is 29.3 Å². The summed E-state index contributed by atoms with van der Waals surface area (Å²) >= 11 is 0. The standard InChI is InChI=1S/C19H28N2O4/c1-12-7-6-8-14(9-12)10-15(17(23)24)11-20-16(22)13(2)21-18(25)19(3,4)5/h6-9,13,15H,10-11H2,1-5H3,(H,20,22)(H,21,25)(H,23,24). The highest BCUT2D eigenvalue weighted by molar-refractivity contribution is 5.89. The summed E-state index contributed by atoms with van der Waals surface area (Å²) in [5.74, 6) is -2.32. The van der Waals surface area contributed by atoms with Gasteiger partial charge in [0.25, 0.3) is 0 Å². The van der Waals surface area contributed by atoms with Crippen molar-refractivity contribution in [2.75, 3.05) is 6.54 Å². The lowest BCUT2D eigenvalue weighted by atomic mass is 9.95. The van der Waals surface area contributed by atoms with Crippen LogP contribution < -0.4 is 10.6 Å². The summed E-state index contributed by atoms with van der Waals surface area (Å²) in [6.45, 7) is 8.81. The molecule has 0 radical (unpaired) electrons. The van der Waals surface area contributed by atoms with E-state index in [9.17, 15) is 19.5 Å². The van der Waals surface area contributed by atoms with E-state index in [-0.39, 0.29) is 12.5 Å². The van der Waals surface area contributed by atoms with E-state index in [1.54, 1.807) is 27.7 Å². The van der Waals surface area contributed by atoms with Crippen LogP contribution in [0.3, 0.4) is 0 Å². The van der Waals surface area contributed by atoms with Gasteiger partial charge in [-0.1, -0.05) is 50.6 Å². The van der Waals surface area contributed by atoms with Crippen molar-refractivity contribution in [2.24, 2.45) is 11.3 Å². The SMILES string of the molecule is Cc1cccc(CC(CNC(=O)C(C)NC(=O)C(C)(C)C)C(=O)O)c1. The highest BCUT2D eigenvalue weighted by Gasteiger charge is 2.26. The zero-order valence-corrected chi connectivity index (χ0v) is 15.6.